The van der Waals surface area contributed by atoms with E-state index in [9.17, 15) is 9.90 Å². The summed E-state index contributed by atoms with van der Waals surface area (Å²) < 4.78 is 8.96. The molecule has 0 aromatic carbocycles. The number of nitrogens with zero attached hydrogens (tertiary/aromatic N) is 3. The molecular weight excluding hydrogens is 308 g/mol. The number of amides is 1. The molecule has 2 aromatic heterocycles. The van der Waals surface area contributed by atoms with Crippen LogP contribution in [0.15, 0.2) is 18.3 Å². The minimum absolute atomic E-state index is 0.215. The first kappa shape index (κ1) is 16.7. The van der Waals surface area contributed by atoms with E-state index in [1.165, 1.54) is 0 Å². The van der Waals surface area contributed by atoms with E-state index in [0.29, 0.717) is 31.6 Å². The fourth-order valence-electron chi connectivity index (χ4n) is 3.13. The molecule has 0 bridgehead atoms. The van der Waals surface area contributed by atoms with Crippen molar-refractivity contribution in [1.82, 2.24) is 19.7 Å². The predicted molar refractivity (Wildman–Crippen MR) is 89.3 cm³/mol. The number of aliphatic hydroxyl groups is 1. The Balaban J connectivity index is 1.81. The molecule has 7 heteroatoms. The summed E-state index contributed by atoms with van der Waals surface area (Å²) in [5.74, 6) is 0.497. The lowest BCUT2D eigenvalue weighted by molar-refractivity contribution is -0.0605. The molecule has 3 rings (SSSR count). The van der Waals surface area contributed by atoms with Crippen LogP contribution in [0.2, 0.25) is 0 Å². The van der Waals surface area contributed by atoms with Gasteiger partial charge in [-0.1, -0.05) is 0 Å². The van der Waals surface area contributed by atoms with E-state index >= 15 is 0 Å². The number of hydrogen-bond acceptors (Lipinski definition) is 4. The third kappa shape index (κ3) is 3.09. The van der Waals surface area contributed by atoms with Gasteiger partial charge in [-0.3, -0.25) is 9.48 Å². The summed E-state index contributed by atoms with van der Waals surface area (Å²) in [6, 6.07) is 4.02. The van der Waals surface area contributed by atoms with Gasteiger partial charge in [0.15, 0.2) is 0 Å². The predicted octanol–water partition coefficient (Wildman–Crippen LogP) is 1.10. The molecule has 0 unspecified atom stereocenters. The Kier molecular flexibility index (Phi) is 4.47. The number of aromatic nitrogens is 3. The SMILES string of the molecule is Cc1ccc(C)n1-c1c(C(=O)NCC2(O)CCOCC2)cnn1C. The lowest BCUT2D eigenvalue weighted by atomic mass is 9.94. The lowest BCUT2D eigenvalue weighted by Crippen LogP contribution is -2.46. The van der Waals surface area contributed by atoms with Gasteiger partial charge in [0, 0.05) is 51.0 Å². The van der Waals surface area contributed by atoms with Crippen LogP contribution < -0.4 is 5.32 Å². The van der Waals surface area contributed by atoms with Crippen LogP contribution in [-0.2, 0) is 11.8 Å². The largest absolute Gasteiger partial charge is 0.388 e. The van der Waals surface area contributed by atoms with Crippen LogP contribution in [0, 0.1) is 13.8 Å². The van der Waals surface area contributed by atoms with Crippen LogP contribution in [0.4, 0.5) is 0 Å². The molecule has 2 aromatic rings. The van der Waals surface area contributed by atoms with Crippen molar-refractivity contribution < 1.29 is 14.6 Å². The van der Waals surface area contributed by atoms with Crippen molar-refractivity contribution in [3.8, 4) is 5.82 Å². The molecule has 1 aliphatic heterocycles. The van der Waals surface area contributed by atoms with Crippen LogP contribution in [-0.4, -0.2) is 50.7 Å². The van der Waals surface area contributed by atoms with Gasteiger partial charge in [0.2, 0.25) is 0 Å². The minimum Gasteiger partial charge on any atom is -0.388 e. The third-order valence-corrected chi connectivity index (χ3v) is 4.64. The Morgan fingerprint density at radius 2 is 1.96 bits per heavy atom. The van der Waals surface area contributed by atoms with Crippen molar-refractivity contribution in [2.45, 2.75) is 32.3 Å². The monoisotopic (exact) mass is 332 g/mol. The van der Waals surface area contributed by atoms with Crippen molar-refractivity contribution in [1.29, 1.82) is 0 Å². The highest BCUT2D eigenvalue weighted by atomic mass is 16.5. The number of carbonyl (C=O) groups excluding carboxylic acids is 1. The summed E-state index contributed by atoms with van der Waals surface area (Å²) in [6.45, 7) is 5.24. The molecule has 130 valence electrons. The van der Waals surface area contributed by atoms with Gasteiger partial charge in [0.05, 0.1) is 11.8 Å². The molecule has 1 aliphatic rings. The maximum Gasteiger partial charge on any atom is 0.256 e. The van der Waals surface area contributed by atoms with E-state index in [0.717, 1.165) is 17.2 Å². The molecule has 0 atom stereocenters. The molecule has 3 heterocycles. The van der Waals surface area contributed by atoms with Gasteiger partial charge in [-0.15, -0.1) is 0 Å². The second-order valence-corrected chi connectivity index (χ2v) is 6.48. The van der Waals surface area contributed by atoms with Crippen molar-refractivity contribution in [3.63, 3.8) is 0 Å². The number of nitrogens with one attached hydrogen (secondary N) is 1. The van der Waals surface area contributed by atoms with Crippen LogP contribution in [0.3, 0.4) is 0 Å². The zero-order chi connectivity index (χ0) is 17.3. The summed E-state index contributed by atoms with van der Waals surface area (Å²) >= 11 is 0. The average Bonchev–Trinajstić information content (AvgIpc) is 3.08. The van der Waals surface area contributed by atoms with E-state index in [-0.39, 0.29) is 12.5 Å². The summed E-state index contributed by atoms with van der Waals surface area (Å²) in [4.78, 5) is 12.7. The van der Waals surface area contributed by atoms with Gasteiger partial charge in [-0.2, -0.15) is 5.10 Å². The molecule has 0 radical (unpaired) electrons. The summed E-state index contributed by atoms with van der Waals surface area (Å²) in [5, 5.41) is 17.6. The fraction of sp³-hybridized carbons (Fsp3) is 0.529. The number of carbonyl (C=O) groups is 1. The maximum atomic E-state index is 12.7. The highest BCUT2D eigenvalue weighted by Gasteiger charge is 2.31. The number of hydrogen-bond donors (Lipinski definition) is 2. The standard InChI is InChI=1S/C17H24N4O3/c1-12-4-5-13(2)21(12)16-14(10-19-20(16)3)15(22)18-11-17(23)6-8-24-9-7-17/h4-5,10,23H,6-9,11H2,1-3H3,(H,18,22). The zero-order valence-electron chi connectivity index (χ0n) is 14.4. The van der Waals surface area contributed by atoms with E-state index < -0.39 is 5.60 Å². The smallest absolute Gasteiger partial charge is 0.256 e. The Bertz CT molecular complexity index is 722. The highest BCUT2D eigenvalue weighted by Crippen LogP contribution is 2.22. The molecule has 0 aliphatic carbocycles. The van der Waals surface area contributed by atoms with Crippen molar-refractivity contribution in [2.75, 3.05) is 19.8 Å². The summed E-state index contributed by atoms with van der Waals surface area (Å²) in [7, 11) is 1.82. The molecule has 0 spiro atoms. The van der Waals surface area contributed by atoms with E-state index in [1.54, 1.807) is 10.9 Å². The van der Waals surface area contributed by atoms with Crippen molar-refractivity contribution in [2.24, 2.45) is 7.05 Å². The van der Waals surface area contributed by atoms with Crippen molar-refractivity contribution >= 4 is 5.91 Å². The Morgan fingerprint density at radius 3 is 2.58 bits per heavy atom. The van der Waals surface area contributed by atoms with Crippen LogP contribution in [0.25, 0.3) is 5.82 Å². The normalized spacial score (nSPS) is 17.0. The van der Waals surface area contributed by atoms with E-state index in [2.05, 4.69) is 10.4 Å². The van der Waals surface area contributed by atoms with Crippen LogP contribution in [0.5, 0.6) is 0 Å². The minimum atomic E-state index is -0.893. The van der Waals surface area contributed by atoms with Crippen LogP contribution in [0.1, 0.15) is 34.6 Å². The Labute approximate surface area is 141 Å². The zero-order valence-corrected chi connectivity index (χ0v) is 14.4. The molecule has 0 saturated carbocycles. The quantitative estimate of drug-likeness (QED) is 0.878. The molecular formula is C17H24N4O3. The Morgan fingerprint density at radius 1 is 1.33 bits per heavy atom. The highest BCUT2D eigenvalue weighted by molar-refractivity contribution is 5.97. The van der Waals surface area contributed by atoms with Gasteiger partial charge in [0.1, 0.15) is 11.4 Å². The number of ether oxygens (including phenoxy) is 1. The van der Waals surface area contributed by atoms with Gasteiger partial charge in [0.25, 0.3) is 5.91 Å². The third-order valence-electron chi connectivity index (χ3n) is 4.64. The molecule has 7 nitrogen and oxygen atoms in total. The van der Waals surface area contributed by atoms with Gasteiger partial charge in [-0.25, -0.2) is 0 Å². The lowest BCUT2D eigenvalue weighted by Gasteiger charge is -2.32. The first-order valence-corrected chi connectivity index (χ1v) is 8.17. The summed E-state index contributed by atoms with van der Waals surface area (Å²) in [5.41, 5.74) is 1.67. The molecule has 1 saturated heterocycles. The van der Waals surface area contributed by atoms with Gasteiger partial charge in [-0.05, 0) is 26.0 Å². The molecule has 1 fully saturated rings. The first-order chi connectivity index (χ1) is 11.4. The molecule has 24 heavy (non-hydrogen) atoms. The molecule has 2 N–H and O–H groups in total. The second-order valence-electron chi connectivity index (χ2n) is 6.48. The van der Waals surface area contributed by atoms with Crippen LogP contribution >= 0.6 is 0 Å². The first-order valence-electron chi connectivity index (χ1n) is 8.17. The topological polar surface area (TPSA) is 81.3 Å². The maximum absolute atomic E-state index is 12.7. The molecule has 1 amide bonds. The van der Waals surface area contributed by atoms with Gasteiger partial charge < -0.3 is 19.7 Å². The Hall–Kier alpha value is -2.12. The summed E-state index contributed by atoms with van der Waals surface area (Å²) in [6.07, 6.45) is 2.63. The van der Waals surface area contributed by atoms with Gasteiger partial charge >= 0.3 is 0 Å². The second kappa shape index (κ2) is 6.41. The van der Waals surface area contributed by atoms with E-state index in [4.69, 9.17) is 4.74 Å². The number of aryl methyl sites for hydroxylation is 3. The van der Waals surface area contributed by atoms with E-state index in [1.807, 2.05) is 37.6 Å². The number of rotatable bonds is 4. The fourth-order valence-corrected chi connectivity index (χ4v) is 3.13. The van der Waals surface area contributed by atoms with Crippen molar-refractivity contribution in [3.05, 3.63) is 35.3 Å². The average molecular weight is 332 g/mol.